The third-order valence-electron chi connectivity index (χ3n) is 6.87. The van der Waals surface area contributed by atoms with Crippen molar-refractivity contribution in [1.82, 2.24) is 19.5 Å². The fourth-order valence-electron chi connectivity index (χ4n) is 4.64. The lowest BCUT2D eigenvalue weighted by Gasteiger charge is -2.20. The van der Waals surface area contributed by atoms with Gasteiger partial charge in [0, 0.05) is 6.07 Å². The van der Waals surface area contributed by atoms with Gasteiger partial charge >= 0.3 is 15.6 Å². The van der Waals surface area contributed by atoms with Gasteiger partial charge in [-0.3, -0.25) is 18.4 Å². The summed E-state index contributed by atoms with van der Waals surface area (Å²) in [6.45, 7) is -0.430. The SMILES string of the molecule is CC(=O)c1ccc[n+]([C@H]2O[C@@H](COP(=O)(O)OP(=O)(O)OC[C@H]3O[C@@H](n4cnc5c(N)ncnc54)[C@H](O)[C@@H]3O)[C@H](O)[C@@H]2O)c1. The van der Waals surface area contributed by atoms with Crippen LogP contribution in [0.15, 0.2) is 37.2 Å². The first-order valence-electron chi connectivity index (χ1n) is 12.8. The molecule has 5 rings (SSSR count). The minimum Gasteiger partial charge on any atom is -0.387 e. The lowest BCUT2D eigenvalue weighted by Crippen LogP contribution is -2.46. The minimum atomic E-state index is -5.36. The number of hydrogen-bond donors (Lipinski definition) is 7. The molecule has 3 aromatic heterocycles. The molecule has 2 aliphatic rings. The third-order valence-corrected chi connectivity index (χ3v) is 9.47. The first kappa shape index (κ1) is 32.6. The Bertz CT molecular complexity index is 1630. The number of nitrogen functional groups attached to an aromatic ring is 1. The van der Waals surface area contributed by atoms with Crippen molar-refractivity contribution in [3.8, 4) is 0 Å². The number of phosphoric acid groups is 2. The van der Waals surface area contributed by atoms with Crippen molar-refractivity contribution >= 4 is 38.4 Å². The molecule has 20 nitrogen and oxygen atoms in total. The molecule has 0 bridgehead atoms. The molecule has 0 aliphatic carbocycles. The summed E-state index contributed by atoms with van der Waals surface area (Å²) >= 11 is 0. The highest BCUT2D eigenvalue weighted by molar-refractivity contribution is 7.61. The molecular formula is C22H29N6O14P2+. The number of pyridine rings is 1. The van der Waals surface area contributed by atoms with Crippen LogP contribution in [0.1, 0.15) is 29.7 Å². The van der Waals surface area contributed by atoms with E-state index < -0.39 is 77.9 Å². The average molecular weight is 663 g/mol. The molecule has 3 aromatic rings. The predicted octanol–water partition coefficient (Wildman–Crippen LogP) is -1.91. The van der Waals surface area contributed by atoms with E-state index >= 15 is 0 Å². The molecule has 44 heavy (non-hydrogen) atoms. The Morgan fingerprint density at radius 2 is 1.64 bits per heavy atom. The molecule has 5 heterocycles. The zero-order valence-electron chi connectivity index (χ0n) is 22.7. The number of Topliss-reactive ketones (excluding diaryl/α,β-unsaturated/α-hetero) is 1. The van der Waals surface area contributed by atoms with Crippen LogP contribution >= 0.6 is 15.6 Å². The zero-order valence-corrected chi connectivity index (χ0v) is 24.4. The summed E-state index contributed by atoms with van der Waals surface area (Å²) < 4.78 is 52.2. The van der Waals surface area contributed by atoms with Gasteiger partial charge < -0.3 is 45.4 Å². The second-order valence-electron chi connectivity index (χ2n) is 9.88. The van der Waals surface area contributed by atoms with Crippen LogP contribution in [0, 0.1) is 0 Å². The number of nitrogens with two attached hydrogens (primary N) is 1. The van der Waals surface area contributed by atoms with Gasteiger partial charge in [-0.2, -0.15) is 8.88 Å². The molecule has 0 aromatic carbocycles. The number of aliphatic hydroxyl groups excluding tert-OH is 4. The van der Waals surface area contributed by atoms with Gasteiger partial charge in [-0.05, 0) is 13.0 Å². The normalized spacial score (nSPS) is 31.6. The van der Waals surface area contributed by atoms with Crippen LogP contribution in [-0.4, -0.2) is 105 Å². The van der Waals surface area contributed by atoms with Crippen molar-refractivity contribution < 1.29 is 71.5 Å². The van der Waals surface area contributed by atoms with Gasteiger partial charge in [-0.25, -0.2) is 24.1 Å². The van der Waals surface area contributed by atoms with Crippen LogP contribution in [0.3, 0.4) is 0 Å². The molecule has 10 atom stereocenters. The number of phosphoric ester groups is 2. The van der Waals surface area contributed by atoms with Crippen molar-refractivity contribution in [2.24, 2.45) is 0 Å². The van der Waals surface area contributed by atoms with E-state index in [4.69, 9.17) is 24.3 Å². The largest absolute Gasteiger partial charge is 0.481 e. The second kappa shape index (κ2) is 12.5. The van der Waals surface area contributed by atoms with Gasteiger partial charge in [0.25, 0.3) is 6.23 Å². The summed E-state index contributed by atoms with van der Waals surface area (Å²) in [6.07, 6.45) is -6.47. The number of aliphatic hydroxyl groups is 4. The highest BCUT2D eigenvalue weighted by atomic mass is 31.3. The summed E-state index contributed by atoms with van der Waals surface area (Å²) in [7, 11) is -10.7. The van der Waals surface area contributed by atoms with Gasteiger partial charge in [-0.15, -0.1) is 0 Å². The van der Waals surface area contributed by atoms with Gasteiger partial charge in [0.15, 0.2) is 42.0 Å². The molecule has 2 aliphatic heterocycles. The van der Waals surface area contributed by atoms with Gasteiger partial charge in [0.05, 0.1) is 25.1 Å². The number of ether oxygens (including phenoxy) is 2. The Morgan fingerprint density at radius 3 is 2.30 bits per heavy atom. The van der Waals surface area contributed by atoms with Crippen LogP contribution in [0.25, 0.3) is 11.2 Å². The Balaban J connectivity index is 1.16. The first-order valence-corrected chi connectivity index (χ1v) is 15.8. The number of anilines is 1. The van der Waals surface area contributed by atoms with Crippen LogP contribution in [0.2, 0.25) is 0 Å². The van der Waals surface area contributed by atoms with Crippen molar-refractivity contribution in [3.63, 3.8) is 0 Å². The maximum Gasteiger partial charge on any atom is 0.481 e. The fourth-order valence-corrected chi connectivity index (χ4v) is 6.73. The zero-order chi connectivity index (χ0) is 32.0. The third kappa shape index (κ3) is 6.73. The van der Waals surface area contributed by atoms with Crippen molar-refractivity contribution in [3.05, 3.63) is 42.7 Å². The molecule has 0 radical (unpaired) electrons. The molecule has 2 unspecified atom stereocenters. The highest BCUT2D eigenvalue weighted by Crippen LogP contribution is 2.60. The standard InChI is InChI=1S/C22H28N6O14P2/c1-10(29)11-3-2-4-27(5-11)21-17(32)15(30)12(40-21)6-38-43(34,35)42-44(36,37)39-7-13-16(31)18(33)22(41-13)28-9-26-14-19(23)24-8-25-20(14)28/h2-5,8-9,12-13,15-18,21-22,30-33H,6-7H2,1H3,(H3-,23,24,25,34,35,36,37)/p+1/t12-,13+,15-,16+,17-,18+,21-,22+/m0/s1. The van der Waals surface area contributed by atoms with Crippen molar-refractivity contribution in [1.29, 1.82) is 0 Å². The molecular weight excluding hydrogens is 634 g/mol. The quantitative estimate of drug-likeness (QED) is 0.0669. The van der Waals surface area contributed by atoms with Gasteiger partial charge in [0.1, 0.15) is 42.4 Å². The summed E-state index contributed by atoms with van der Waals surface area (Å²) in [5, 5.41) is 41.7. The molecule has 2 saturated heterocycles. The number of carbonyl (C=O) groups excluding carboxylic acids is 1. The lowest BCUT2D eigenvalue weighted by molar-refractivity contribution is -0.765. The topological polar surface area (TPSA) is 292 Å². The Hall–Kier alpha value is -2.81. The van der Waals surface area contributed by atoms with Crippen LogP contribution in [-0.2, 0) is 32.0 Å². The summed E-state index contributed by atoms with van der Waals surface area (Å²) in [4.78, 5) is 43.6. The van der Waals surface area contributed by atoms with Gasteiger partial charge in [0.2, 0.25) is 0 Å². The Labute approximate surface area is 247 Å². The van der Waals surface area contributed by atoms with Crippen LogP contribution in [0.4, 0.5) is 5.82 Å². The molecule has 240 valence electrons. The first-order chi connectivity index (χ1) is 20.7. The van der Waals surface area contributed by atoms with E-state index in [-0.39, 0.29) is 22.8 Å². The number of carbonyl (C=O) groups is 1. The average Bonchev–Trinajstić information content (AvgIpc) is 3.61. The summed E-state index contributed by atoms with van der Waals surface area (Å²) in [5.74, 6) is -0.210. The molecule has 22 heteroatoms. The van der Waals surface area contributed by atoms with Crippen molar-refractivity contribution in [2.45, 2.75) is 56.0 Å². The van der Waals surface area contributed by atoms with Gasteiger partial charge in [-0.1, -0.05) is 0 Å². The Kier molecular flexibility index (Phi) is 9.28. The number of hydrogen-bond acceptors (Lipinski definition) is 16. The summed E-state index contributed by atoms with van der Waals surface area (Å²) in [5.41, 5.74) is 6.41. The maximum atomic E-state index is 12.4. The van der Waals surface area contributed by atoms with E-state index in [1.807, 2.05) is 0 Å². The van der Waals surface area contributed by atoms with E-state index in [0.717, 1.165) is 6.33 Å². The van der Waals surface area contributed by atoms with Crippen molar-refractivity contribution in [2.75, 3.05) is 18.9 Å². The van der Waals surface area contributed by atoms with Crippen LogP contribution in [0.5, 0.6) is 0 Å². The van der Waals surface area contributed by atoms with E-state index in [1.165, 1.54) is 46.9 Å². The fraction of sp³-hybridized carbons (Fsp3) is 0.500. The number of rotatable bonds is 11. The molecule has 0 spiro atoms. The maximum absolute atomic E-state index is 12.4. The molecule has 8 N–H and O–H groups in total. The monoisotopic (exact) mass is 663 g/mol. The van der Waals surface area contributed by atoms with E-state index in [1.54, 1.807) is 0 Å². The lowest BCUT2D eigenvalue weighted by atomic mass is 10.1. The second-order valence-corrected chi connectivity index (χ2v) is 12.9. The molecule has 2 fully saturated rings. The number of imidazole rings is 1. The highest BCUT2D eigenvalue weighted by Gasteiger charge is 2.50. The van der Waals surface area contributed by atoms with E-state index in [9.17, 15) is 44.1 Å². The predicted molar refractivity (Wildman–Crippen MR) is 141 cm³/mol. The van der Waals surface area contributed by atoms with E-state index in [0.29, 0.717) is 5.56 Å². The number of nitrogens with zero attached hydrogens (tertiary/aromatic N) is 5. The Morgan fingerprint density at radius 1 is 1.00 bits per heavy atom. The smallest absolute Gasteiger partial charge is 0.387 e. The molecule has 0 amide bonds. The number of ketones is 1. The summed E-state index contributed by atoms with van der Waals surface area (Å²) in [6, 6.07) is 3.04. The van der Waals surface area contributed by atoms with E-state index in [2.05, 4.69) is 19.3 Å². The minimum absolute atomic E-state index is 0.0547. The number of aromatic nitrogens is 5. The molecule has 0 saturated carbocycles. The number of fused-ring (bicyclic) bond motifs is 1. The van der Waals surface area contributed by atoms with Crippen LogP contribution < -0.4 is 10.3 Å².